The molecule has 1 aromatic rings. The maximum Gasteiger partial charge on any atom is 0.498 e. The van der Waals surface area contributed by atoms with Crippen LogP contribution in [-0.2, 0) is 14.1 Å². The largest absolute Gasteiger partial charge is 0.498 e. The zero-order valence-electron chi connectivity index (χ0n) is 17.6. The van der Waals surface area contributed by atoms with E-state index in [1.54, 1.807) is 17.3 Å². The van der Waals surface area contributed by atoms with Crippen molar-refractivity contribution in [2.75, 3.05) is 25.0 Å². The number of rotatable bonds is 6. The number of aliphatic hydroxyl groups is 2. The van der Waals surface area contributed by atoms with Crippen LogP contribution in [0.1, 0.15) is 47.0 Å². The molecule has 2 saturated heterocycles. The van der Waals surface area contributed by atoms with Gasteiger partial charge in [-0.2, -0.15) is 0 Å². The fraction of sp³-hybridized carbons (Fsp3) is 0.737. The molecule has 2 aliphatic rings. The van der Waals surface area contributed by atoms with Crippen LogP contribution in [0.3, 0.4) is 0 Å². The minimum atomic E-state index is -1.37. The molecule has 2 atom stereocenters. The second kappa shape index (κ2) is 8.55. The molecule has 3 rings (SSSR count). The van der Waals surface area contributed by atoms with Gasteiger partial charge in [-0.3, -0.25) is 4.79 Å². The van der Waals surface area contributed by atoms with Crippen LogP contribution in [0.4, 0.5) is 5.95 Å². The quantitative estimate of drug-likeness (QED) is 0.562. The zero-order valence-corrected chi connectivity index (χ0v) is 17.6. The summed E-state index contributed by atoms with van der Waals surface area (Å²) in [6.07, 6.45) is 4.70. The smallest absolute Gasteiger partial charge is 0.399 e. The molecule has 2 aliphatic heterocycles. The molecular formula is C19H31BN4O5. The van der Waals surface area contributed by atoms with Gasteiger partial charge in [0.25, 0.3) is 5.91 Å². The standard InChI is InChI=1S/C19H31BN4O5/c1-18(2)19(3,4)29-20(28-18)13-9-21-17(22-10-13)23-11-14-7-5-6-8-24(14)16(27)15(26)12-25/h9-10,14-15,25-26H,5-8,11-12H2,1-4H3,(H,21,22,23)/t14-,15-/m0/s1. The number of hydrogen-bond donors (Lipinski definition) is 3. The van der Waals surface area contributed by atoms with Crippen LogP contribution in [0.25, 0.3) is 0 Å². The number of piperidine rings is 1. The normalized spacial score (nSPS) is 24.4. The van der Waals surface area contributed by atoms with Gasteiger partial charge in [-0.25, -0.2) is 9.97 Å². The fourth-order valence-corrected chi connectivity index (χ4v) is 3.51. The van der Waals surface area contributed by atoms with Crippen molar-refractivity contribution in [1.29, 1.82) is 0 Å². The molecule has 1 aromatic heterocycles. The summed E-state index contributed by atoms with van der Waals surface area (Å²) < 4.78 is 12.0. The molecule has 9 nitrogen and oxygen atoms in total. The molecule has 0 aliphatic carbocycles. The highest BCUT2D eigenvalue weighted by Gasteiger charge is 2.52. The van der Waals surface area contributed by atoms with Gasteiger partial charge in [-0.1, -0.05) is 0 Å². The summed E-state index contributed by atoms with van der Waals surface area (Å²) in [5.74, 6) is 0.0157. The predicted molar refractivity (Wildman–Crippen MR) is 109 cm³/mol. The van der Waals surface area contributed by atoms with Gasteiger partial charge >= 0.3 is 7.12 Å². The fourth-order valence-electron chi connectivity index (χ4n) is 3.51. The van der Waals surface area contributed by atoms with E-state index in [1.807, 2.05) is 27.7 Å². The highest BCUT2D eigenvalue weighted by atomic mass is 16.7. The topological polar surface area (TPSA) is 117 Å². The van der Waals surface area contributed by atoms with Crippen molar-refractivity contribution >= 4 is 24.4 Å². The van der Waals surface area contributed by atoms with Gasteiger partial charge in [0.2, 0.25) is 5.95 Å². The van der Waals surface area contributed by atoms with E-state index in [1.165, 1.54) is 0 Å². The molecule has 3 N–H and O–H groups in total. The first-order valence-electron chi connectivity index (χ1n) is 10.2. The van der Waals surface area contributed by atoms with Gasteiger partial charge in [0.1, 0.15) is 0 Å². The number of carbonyl (C=O) groups excluding carboxylic acids is 1. The number of nitrogens with one attached hydrogen (secondary N) is 1. The monoisotopic (exact) mass is 406 g/mol. The minimum absolute atomic E-state index is 0.0798. The van der Waals surface area contributed by atoms with Crippen LogP contribution < -0.4 is 10.8 Å². The first-order valence-corrected chi connectivity index (χ1v) is 10.2. The third-order valence-electron chi connectivity index (χ3n) is 6.06. The minimum Gasteiger partial charge on any atom is -0.399 e. The van der Waals surface area contributed by atoms with Crippen molar-refractivity contribution in [3.05, 3.63) is 12.4 Å². The SMILES string of the molecule is CC1(C)OB(c2cnc(NC[C@@H]3CCCCN3C(=O)[C@@H](O)CO)nc2)OC1(C)C. The third-order valence-corrected chi connectivity index (χ3v) is 6.06. The Morgan fingerprint density at radius 3 is 2.48 bits per heavy atom. The third kappa shape index (κ3) is 4.71. The molecule has 10 heteroatoms. The molecule has 0 saturated carbocycles. The summed E-state index contributed by atoms with van der Waals surface area (Å²) in [4.78, 5) is 22.6. The van der Waals surface area contributed by atoms with E-state index in [9.17, 15) is 9.90 Å². The number of aromatic nitrogens is 2. The van der Waals surface area contributed by atoms with E-state index < -0.39 is 36.9 Å². The molecule has 0 spiro atoms. The average Bonchev–Trinajstić information content (AvgIpc) is 2.93. The predicted octanol–water partition coefficient (Wildman–Crippen LogP) is -0.0780. The van der Waals surface area contributed by atoms with E-state index in [4.69, 9.17) is 14.4 Å². The van der Waals surface area contributed by atoms with Gasteiger partial charge in [0.15, 0.2) is 6.10 Å². The van der Waals surface area contributed by atoms with Gasteiger partial charge in [0, 0.05) is 37.0 Å². The van der Waals surface area contributed by atoms with Crippen molar-refractivity contribution in [3.8, 4) is 0 Å². The Morgan fingerprint density at radius 2 is 1.90 bits per heavy atom. The van der Waals surface area contributed by atoms with Gasteiger partial charge in [-0.15, -0.1) is 0 Å². The Hall–Kier alpha value is -1.75. The van der Waals surface area contributed by atoms with Crippen LogP contribution in [0.2, 0.25) is 0 Å². The summed E-state index contributed by atoms with van der Waals surface area (Å²) in [6, 6.07) is -0.0798. The second-order valence-electron chi connectivity index (χ2n) is 8.69. The van der Waals surface area contributed by atoms with Crippen LogP contribution in [0.5, 0.6) is 0 Å². The van der Waals surface area contributed by atoms with Crippen molar-refractivity contribution in [2.45, 2.75) is 70.3 Å². The number of hydrogen-bond acceptors (Lipinski definition) is 8. The molecule has 0 aromatic carbocycles. The molecule has 2 fully saturated rings. The van der Waals surface area contributed by atoms with Crippen molar-refractivity contribution in [3.63, 3.8) is 0 Å². The van der Waals surface area contributed by atoms with Crippen molar-refractivity contribution in [2.24, 2.45) is 0 Å². The van der Waals surface area contributed by atoms with Crippen LogP contribution in [0.15, 0.2) is 12.4 Å². The highest BCUT2D eigenvalue weighted by Crippen LogP contribution is 2.36. The van der Waals surface area contributed by atoms with Gasteiger partial charge < -0.3 is 29.7 Å². The van der Waals surface area contributed by atoms with E-state index in [0.29, 0.717) is 19.0 Å². The number of carbonyl (C=O) groups is 1. The summed E-state index contributed by atoms with van der Waals surface area (Å²) in [5, 5.41) is 21.9. The number of anilines is 1. The zero-order chi connectivity index (χ0) is 21.2. The van der Waals surface area contributed by atoms with Crippen molar-refractivity contribution < 1.29 is 24.3 Å². The number of amides is 1. The molecule has 0 bridgehead atoms. The van der Waals surface area contributed by atoms with Crippen molar-refractivity contribution in [1.82, 2.24) is 14.9 Å². The van der Waals surface area contributed by atoms with Gasteiger partial charge in [0.05, 0.1) is 17.8 Å². The van der Waals surface area contributed by atoms with E-state index in [0.717, 1.165) is 24.7 Å². The number of nitrogens with zero attached hydrogens (tertiary/aromatic N) is 3. The molecule has 29 heavy (non-hydrogen) atoms. The van der Waals surface area contributed by atoms with E-state index in [2.05, 4.69) is 15.3 Å². The lowest BCUT2D eigenvalue weighted by atomic mass is 9.81. The highest BCUT2D eigenvalue weighted by molar-refractivity contribution is 6.61. The molecule has 3 heterocycles. The van der Waals surface area contributed by atoms with Gasteiger partial charge in [-0.05, 0) is 47.0 Å². The van der Waals surface area contributed by atoms with E-state index in [-0.39, 0.29) is 6.04 Å². The Kier molecular flexibility index (Phi) is 6.47. The average molecular weight is 406 g/mol. The molecule has 160 valence electrons. The lowest BCUT2D eigenvalue weighted by Crippen LogP contribution is -2.51. The lowest BCUT2D eigenvalue weighted by Gasteiger charge is -2.36. The molecule has 0 radical (unpaired) electrons. The first kappa shape index (κ1) is 22.0. The van der Waals surface area contributed by atoms with Crippen LogP contribution in [0, 0.1) is 0 Å². The molecule has 1 amide bonds. The number of likely N-dealkylation sites (tertiary alicyclic amines) is 1. The lowest BCUT2D eigenvalue weighted by molar-refractivity contribution is -0.145. The Bertz CT molecular complexity index is 699. The summed E-state index contributed by atoms with van der Waals surface area (Å²) in [7, 11) is -0.513. The van der Waals surface area contributed by atoms with E-state index >= 15 is 0 Å². The summed E-state index contributed by atoms with van der Waals surface area (Å²) in [6.45, 7) is 8.45. The molecular weight excluding hydrogens is 375 g/mol. The number of aliphatic hydroxyl groups excluding tert-OH is 2. The summed E-state index contributed by atoms with van der Waals surface area (Å²) in [5.41, 5.74) is -0.107. The Labute approximate surface area is 172 Å². The molecule has 0 unspecified atom stereocenters. The second-order valence-corrected chi connectivity index (χ2v) is 8.69. The first-order chi connectivity index (χ1) is 13.6. The maximum absolute atomic E-state index is 12.3. The maximum atomic E-state index is 12.3. The summed E-state index contributed by atoms with van der Waals surface area (Å²) >= 11 is 0. The van der Waals surface area contributed by atoms with Crippen LogP contribution >= 0.6 is 0 Å². The Balaban J connectivity index is 1.59. The van der Waals surface area contributed by atoms with Crippen LogP contribution in [-0.4, -0.2) is 81.2 Å². The Morgan fingerprint density at radius 1 is 1.28 bits per heavy atom.